The largest absolute Gasteiger partial charge is 0.322 e. The Morgan fingerprint density at radius 3 is 2.86 bits per heavy atom. The minimum atomic E-state index is 0.0341. The Bertz CT molecular complexity index is 452. The van der Waals surface area contributed by atoms with Crippen molar-refractivity contribution in [3.05, 3.63) is 16.4 Å². The highest BCUT2D eigenvalue weighted by atomic mass is 79.9. The number of thioether (sulfide) groups is 2. The predicted molar refractivity (Wildman–Crippen MR) is 98.2 cm³/mol. The lowest BCUT2D eigenvalue weighted by Crippen LogP contribution is -2.37. The molecule has 4 nitrogen and oxygen atoms in total. The van der Waals surface area contributed by atoms with Gasteiger partial charge in [0.2, 0.25) is 0 Å². The molecule has 2 N–H and O–H groups in total. The summed E-state index contributed by atoms with van der Waals surface area (Å²) in [5.74, 6) is 2.44. The normalized spacial score (nSPS) is 24.5. The maximum atomic E-state index is 6.65. The second-order valence-electron chi connectivity index (χ2n) is 5.58. The van der Waals surface area contributed by atoms with Gasteiger partial charge < -0.3 is 10.6 Å². The van der Waals surface area contributed by atoms with Gasteiger partial charge in [-0.15, -0.1) is 0 Å². The summed E-state index contributed by atoms with van der Waals surface area (Å²) in [6.45, 7) is 4.11. The van der Waals surface area contributed by atoms with Crippen molar-refractivity contribution in [2.24, 2.45) is 5.73 Å². The van der Waals surface area contributed by atoms with Crippen molar-refractivity contribution in [2.75, 3.05) is 32.1 Å². The molecule has 0 radical (unpaired) electrons. The van der Waals surface area contributed by atoms with E-state index < -0.39 is 0 Å². The number of hydrogen-bond donors (Lipinski definition) is 1. The minimum absolute atomic E-state index is 0.0341. The molecule has 2 rings (SSSR count). The van der Waals surface area contributed by atoms with Gasteiger partial charge in [-0.2, -0.15) is 28.6 Å². The van der Waals surface area contributed by atoms with Gasteiger partial charge in [0.15, 0.2) is 0 Å². The van der Waals surface area contributed by atoms with E-state index in [4.69, 9.17) is 5.73 Å². The molecule has 0 aromatic carbocycles. The summed E-state index contributed by atoms with van der Waals surface area (Å²) >= 11 is 7.74. The summed E-state index contributed by atoms with van der Waals surface area (Å²) in [5, 5.41) is 5.62. The molecule has 1 aromatic rings. The van der Waals surface area contributed by atoms with E-state index >= 15 is 0 Å². The molecule has 3 atom stereocenters. The zero-order chi connectivity index (χ0) is 15.4. The first-order valence-electron chi connectivity index (χ1n) is 7.39. The van der Waals surface area contributed by atoms with Gasteiger partial charge in [0.25, 0.3) is 0 Å². The molecule has 1 aliphatic rings. The Balaban J connectivity index is 2.17. The van der Waals surface area contributed by atoms with Gasteiger partial charge in [0.1, 0.15) is 0 Å². The third kappa shape index (κ3) is 4.41. The van der Waals surface area contributed by atoms with Gasteiger partial charge in [-0.1, -0.05) is 6.92 Å². The molecule has 1 fully saturated rings. The second kappa shape index (κ2) is 8.24. The van der Waals surface area contributed by atoms with Crippen LogP contribution in [0.5, 0.6) is 0 Å². The second-order valence-corrected chi connectivity index (χ2v) is 9.07. The lowest BCUT2D eigenvalue weighted by atomic mass is 10.1. The van der Waals surface area contributed by atoms with Crippen LogP contribution in [-0.4, -0.2) is 57.3 Å². The zero-order valence-corrected chi connectivity index (χ0v) is 16.2. The molecule has 0 bridgehead atoms. The van der Waals surface area contributed by atoms with Gasteiger partial charge in [0.05, 0.1) is 29.0 Å². The SMILES string of the molecule is CCC1SCCSC1C(N)c1c(Br)cnn1CCN(C)C. The highest BCUT2D eigenvalue weighted by Gasteiger charge is 2.33. The fraction of sp³-hybridized carbons (Fsp3) is 0.786. The van der Waals surface area contributed by atoms with Crippen molar-refractivity contribution in [3.63, 3.8) is 0 Å². The number of nitrogens with two attached hydrogens (primary N) is 1. The van der Waals surface area contributed by atoms with E-state index in [0.717, 1.165) is 23.3 Å². The number of hydrogen-bond acceptors (Lipinski definition) is 5. The highest BCUT2D eigenvalue weighted by molar-refractivity contribution is 9.10. The number of halogens is 1. The van der Waals surface area contributed by atoms with E-state index in [1.165, 1.54) is 17.9 Å². The molecule has 0 saturated carbocycles. The van der Waals surface area contributed by atoms with Crippen molar-refractivity contribution in [1.82, 2.24) is 14.7 Å². The van der Waals surface area contributed by atoms with Crippen molar-refractivity contribution in [1.29, 1.82) is 0 Å². The van der Waals surface area contributed by atoms with Gasteiger partial charge in [-0.25, -0.2) is 0 Å². The minimum Gasteiger partial charge on any atom is -0.322 e. The standard InChI is InChI=1S/C14H25BrN4S2/c1-4-11-14(21-8-7-20-11)12(16)13-10(15)9-17-19(13)6-5-18(2)3/h9,11-12,14H,4-8,16H2,1-3H3. The first-order valence-corrected chi connectivity index (χ1v) is 10.3. The average molecular weight is 393 g/mol. The molecule has 21 heavy (non-hydrogen) atoms. The summed E-state index contributed by atoms with van der Waals surface area (Å²) < 4.78 is 3.11. The molecule has 7 heteroatoms. The first-order chi connectivity index (χ1) is 10.0. The van der Waals surface area contributed by atoms with Crippen LogP contribution < -0.4 is 5.73 Å². The van der Waals surface area contributed by atoms with E-state index in [-0.39, 0.29) is 6.04 Å². The first kappa shape index (κ1) is 17.7. The molecular formula is C14H25BrN4S2. The van der Waals surface area contributed by atoms with Crippen LogP contribution in [0.3, 0.4) is 0 Å². The maximum Gasteiger partial charge on any atom is 0.0705 e. The molecule has 2 heterocycles. The van der Waals surface area contributed by atoms with E-state index in [1.807, 2.05) is 18.0 Å². The number of nitrogens with zero attached hydrogens (tertiary/aromatic N) is 3. The zero-order valence-electron chi connectivity index (χ0n) is 13.0. The Morgan fingerprint density at radius 2 is 2.19 bits per heavy atom. The number of likely N-dealkylation sites (N-methyl/N-ethyl adjacent to an activating group) is 1. The molecule has 0 spiro atoms. The molecule has 0 aliphatic carbocycles. The Labute approximate surface area is 144 Å². The molecule has 0 amide bonds. The van der Waals surface area contributed by atoms with E-state index in [1.54, 1.807) is 0 Å². The van der Waals surface area contributed by atoms with Gasteiger partial charge in [-0.05, 0) is 36.4 Å². The Hall–Kier alpha value is 0.310. The molecule has 1 saturated heterocycles. The summed E-state index contributed by atoms with van der Waals surface area (Å²) in [6.07, 6.45) is 3.06. The Kier molecular flexibility index (Phi) is 6.93. The third-order valence-electron chi connectivity index (χ3n) is 3.76. The predicted octanol–water partition coefficient (Wildman–Crippen LogP) is 2.83. The van der Waals surface area contributed by atoms with Crippen LogP contribution in [0.1, 0.15) is 25.1 Å². The van der Waals surface area contributed by atoms with E-state index in [9.17, 15) is 0 Å². The van der Waals surface area contributed by atoms with Gasteiger partial charge in [-0.3, -0.25) is 4.68 Å². The number of aromatic nitrogens is 2. The molecule has 1 aliphatic heterocycles. The number of rotatable bonds is 6. The van der Waals surface area contributed by atoms with Crippen LogP contribution in [-0.2, 0) is 6.54 Å². The third-order valence-corrected chi connectivity index (χ3v) is 7.74. The Morgan fingerprint density at radius 1 is 1.48 bits per heavy atom. The average Bonchev–Trinajstić information content (AvgIpc) is 2.85. The van der Waals surface area contributed by atoms with Crippen LogP contribution in [0.15, 0.2) is 10.7 Å². The van der Waals surface area contributed by atoms with Crippen LogP contribution in [0.4, 0.5) is 0 Å². The lowest BCUT2D eigenvalue weighted by molar-refractivity contribution is 0.365. The van der Waals surface area contributed by atoms with E-state index in [2.05, 4.69) is 63.4 Å². The summed E-state index contributed by atoms with van der Waals surface area (Å²) in [5.41, 5.74) is 7.80. The van der Waals surface area contributed by atoms with Gasteiger partial charge >= 0.3 is 0 Å². The van der Waals surface area contributed by atoms with Crippen molar-refractivity contribution >= 4 is 39.5 Å². The van der Waals surface area contributed by atoms with Crippen molar-refractivity contribution in [3.8, 4) is 0 Å². The lowest BCUT2D eigenvalue weighted by Gasteiger charge is -2.34. The molecular weight excluding hydrogens is 368 g/mol. The smallest absolute Gasteiger partial charge is 0.0705 e. The summed E-state index contributed by atoms with van der Waals surface area (Å²) in [6, 6.07) is 0.0341. The van der Waals surface area contributed by atoms with Crippen LogP contribution in [0, 0.1) is 0 Å². The summed E-state index contributed by atoms with van der Waals surface area (Å²) in [7, 11) is 4.16. The molecule has 1 aromatic heterocycles. The maximum absolute atomic E-state index is 6.65. The monoisotopic (exact) mass is 392 g/mol. The van der Waals surface area contributed by atoms with Crippen LogP contribution in [0.2, 0.25) is 0 Å². The highest BCUT2D eigenvalue weighted by Crippen LogP contribution is 2.40. The molecule has 3 unspecified atom stereocenters. The van der Waals surface area contributed by atoms with Gasteiger partial charge in [0, 0.05) is 28.6 Å². The molecule has 120 valence electrons. The summed E-state index contributed by atoms with van der Waals surface area (Å²) in [4.78, 5) is 2.17. The van der Waals surface area contributed by atoms with E-state index in [0.29, 0.717) is 10.5 Å². The topological polar surface area (TPSA) is 47.1 Å². The quantitative estimate of drug-likeness (QED) is 0.806. The van der Waals surface area contributed by atoms with Crippen LogP contribution in [0.25, 0.3) is 0 Å². The van der Waals surface area contributed by atoms with Crippen molar-refractivity contribution in [2.45, 2.75) is 36.4 Å². The fourth-order valence-electron chi connectivity index (χ4n) is 2.60. The van der Waals surface area contributed by atoms with Crippen LogP contribution >= 0.6 is 39.5 Å². The van der Waals surface area contributed by atoms with Crippen molar-refractivity contribution < 1.29 is 0 Å². The fourth-order valence-corrected chi connectivity index (χ4v) is 6.32.